The predicted octanol–water partition coefficient (Wildman–Crippen LogP) is 2.56. The summed E-state index contributed by atoms with van der Waals surface area (Å²) in [5.41, 5.74) is 3.02. The fourth-order valence-electron chi connectivity index (χ4n) is 3.95. The molecule has 0 bridgehead atoms. The normalized spacial score (nSPS) is 15.9. The largest absolute Gasteiger partial charge is 0.383 e. The van der Waals surface area contributed by atoms with E-state index < -0.39 is 0 Å². The third-order valence-corrected chi connectivity index (χ3v) is 5.59. The number of methoxy groups -OCH3 is 1. The molecule has 1 N–H and O–H groups in total. The van der Waals surface area contributed by atoms with Crippen LogP contribution in [0.2, 0.25) is 0 Å². The molecule has 2 amide bonds. The van der Waals surface area contributed by atoms with Crippen LogP contribution < -0.4 is 5.32 Å². The van der Waals surface area contributed by atoms with Crippen molar-refractivity contribution in [2.75, 3.05) is 33.4 Å². The fourth-order valence-corrected chi connectivity index (χ4v) is 3.95. The number of nitrogens with one attached hydrogen (secondary N) is 1. The molecule has 3 aromatic rings. The first-order valence-electron chi connectivity index (χ1n) is 10.5. The Balaban J connectivity index is 1.53. The Morgan fingerprint density at radius 1 is 1.19 bits per heavy atom. The number of pyridine rings is 2. The standard InChI is InChI=1S/C24H26N4O3/c1-31-13-11-26-24(30)20-15-22(27-21-8-3-2-7-19(20)21)17-9-12-28(16-17)23(29)14-18-6-4-5-10-25-18/h2-8,10,15,17H,9,11-14,16H2,1H3,(H,26,30)/t17-/m0/s1. The summed E-state index contributed by atoms with van der Waals surface area (Å²) in [5, 5.41) is 3.72. The highest BCUT2D eigenvalue weighted by Gasteiger charge is 2.29. The maximum atomic E-state index is 12.8. The second-order valence-corrected chi connectivity index (χ2v) is 7.68. The third-order valence-electron chi connectivity index (χ3n) is 5.59. The minimum absolute atomic E-state index is 0.0690. The highest BCUT2D eigenvalue weighted by atomic mass is 16.5. The lowest BCUT2D eigenvalue weighted by Crippen LogP contribution is -2.30. The number of aromatic nitrogens is 2. The summed E-state index contributed by atoms with van der Waals surface area (Å²) >= 11 is 0. The number of ether oxygens (including phenoxy) is 1. The Morgan fingerprint density at radius 3 is 2.84 bits per heavy atom. The number of benzene rings is 1. The van der Waals surface area contributed by atoms with Gasteiger partial charge in [0, 0.05) is 55.6 Å². The monoisotopic (exact) mass is 418 g/mol. The Bertz CT molecular complexity index is 1070. The number of likely N-dealkylation sites (tertiary alicyclic amines) is 1. The zero-order chi connectivity index (χ0) is 21.6. The van der Waals surface area contributed by atoms with Crippen molar-refractivity contribution < 1.29 is 14.3 Å². The van der Waals surface area contributed by atoms with Gasteiger partial charge in [-0.25, -0.2) is 0 Å². The van der Waals surface area contributed by atoms with E-state index in [1.165, 1.54) is 0 Å². The number of hydrogen-bond donors (Lipinski definition) is 1. The average Bonchev–Trinajstić information content (AvgIpc) is 3.30. The first-order chi connectivity index (χ1) is 15.2. The molecule has 1 aromatic carbocycles. The number of nitrogens with zero attached hydrogens (tertiary/aromatic N) is 3. The van der Waals surface area contributed by atoms with Crippen LogP contribution in [0.3, 0.4) is 0 Å². The maximum absolute atomic E-state index is 12.8. The molecule has 1 saturated heterocycles. The van der Waals surface area contributed by atoms with E-state index in [1.807, 2.05) is 53.4 Å². The number of carbonyl (C=O) groups is 2. The van der Waals surface area contributed by atoms with Crippen LogP contribution in [0.4, 0.5) is 0 Å². The summed E-state index contributed by atoms with van der Waals surface area (Å²) in [7, 11) is 1.60. The van der Waals surface area contributed by atoms with Crippen molar-refractivity contribution in [1.29, 1.82) is 0 Å². The van der Waals surface area contributed by atoms with Crippen LogP contribution in [0.15, 0.2) is 54.7 Å². The van der Waals surface area contributed by atoms with Crippen molar-refractivity contribution >= 4 is 22.7 Å². The zero-order valence-corrected chi connectivity index (χ0v) is 17.6. The lowest BCUT2D eigenvalue weighted by molar-refractivity contribution is -0.129. The molecule has 31 heavy (non-hydrogen) atoms. The van der Waals surface area contributed by atoms with Crippen LogP contribution in [0.5, 0.6) is 0 Å². The van der Waals surface area contributed by atoms with Crippen LogP contribution in [0.25, 0.3) is 10.9 Å². The summed E-state index contributed by atoms with van der Waals surface area (Å²) in [6.45, 7) is 2.18. The summed E-state index contributed by atoms with van der Waals surface area (Å²) < 4.78 is 5.03. The number of carbonyl (C=O) groups excluding carboxylic acids is 2. The van der Waals surface area contributed by atoms with Gasteiger partial charge in [-0.15, -0.1) is 0 Å². The molecule has 0 spiro atoms. The van der Waals surface area contributed by atoms with Gasteiger partial charge in [0.2, 0.25) is 5.91 Å². The SMILES string of the molecule is COCCNC(=O)c1cc([C@H]2CCN(C(=O)Cc3ccccn3)C2)nc2ccccc12. The highest BCUT2D eigenvalue weighted by molar-refractivity contribution is 6.06. The third kappa shape index (κ3) is 4.88. The average molecular weight is 418 g/mol. The molecular formula is C24H26N4O3. The smallest absolute Gasteiger partial charge is 0.252 e. The molecule has 160 valence electrons. The predicted molar refractivity (Wildman–Crippen MR) is 118 cm³/mol. The van der Waals surface area contributed by atoms with Crippen molar-refractivity contribution in [1.82, 2.24) is 20.2 Å². The molecule has 0 unspecified atom stereocenters. The van der Waals surface area contributed by atoms with Crippen molar-refractivity contribution in [2.24, 2.45) is 0 Å². The van der Waals surface area contributed by atoms with Gasteiger partial charge in [-0.05, 0) is 30.7 Å². The van der Waals surface area contributed by atoms with E-state index in [2.05, 4.69) is 10.3 Å². The molecule has 0 aliphatic carbocycles. The quantitative estimate of drug-likeness (QED) is 0.596. The van der Waals surface area contributed by atoms with Crippen molar-refractivity contribution in [3.05, 3.63) is 71.7 Å². The lowest BCUT2D eigenvalue weighted by atomic mass is 9.99. The molecular weight excluding hydrogens is 392 g/mol. The van der Waals surface area contributed by atoms with E-state index in [0.29, 0.717) is 38.2 Å². The van der Waals surface area contributed by atoms with Crippen molar-refractivity contribution in [3.8, 4) is 0 Å². The Labute approximate surface area is 181 Å². The topological polar surface area (TPSA) is 84.4 Å². The molecule has 0 saturated carbocycles. The molecule has 7 nitrogen and oxygen atoms in total. The van der Waals surface area contributed by atoms with Gasteiger partial charge < -0.3 is 15.0 Å². The molecule has 4 rings (SSSR count). The van der Waals surface area contributed by atoms with E-state index in [9.17, 15) is 9.59 Å². The molecule has 1 aliphatic rings. The molecule has 0 radical (unpaired) electrons. The van der Waals surface area contributed by atoms with Gasteiger partial charge in [0.1, 0.15) is 0 Å². The van der Waals surface area contributed by atoms with Gasteiger partial charge in [-0.3, -0.25) is 19.6 Å². The molecule has 1 aliphatic heterocycles. The summed E-state index contributed by atoms with van der Waals surface area (Å²) in [5.74, 6) is 0.0281. The van der Waals surface area contributed by atoms with Gasteiger partial charge in [0.15, 0.2) is 0 Å². The van der Waals surface area contributed by atoms with E-state index in [4.69, 9.17) is 9.72 Å². The zero-order valence-electron chi connectivity index (χ0n) is 17.6. The Hall–Kier alpha value is -3.32. The molecule has 1 atom stereocenters. The number of para-hydroxylation sites is 1. The first-order valence-corrected chi connectivity index (χ1v) is 10.5. The summed E-state index contributed by atoms with van der Waals surface area (Å²) in [4.78, 5) is 36.5. The van der Waals surface area contributed by atoms with Crippen LogP contribution >= 0.6 is 0 Å². The van der Waals surface area contributed by atoms with Gasteiger partial charge in [0.05, 0.1) is 24.1 Å². The van der Waals surface area contributed by atoms with Crippen LogP contribution in [-0.2, 0) is 16.0 Å². The number of hydrogen-bond acceptors (Lipinski definition) is 5. The molecule has 3 heterocycles. The van der Waals surface area contributed by atoms with E-state index in [1.54, 1.807) is 13.3 Å². The second-order valence-electron chi connectivity index (χ2n) is 7.68. The van der Waals surface area contributed by atoms with Crippen molar-refractivity contribution in [3.63, 3.8) is 0 Å². The molecule has 7 heteroatoms. The van der Waals surface area contributed by atoms with Crippen LogP contribution in [0.1, 0.15) is 34.1 Å². The second kappa shape index (κ2) is 9.66. The van der Waals surface area contributed by atoms with E-state index >= 15 is 0 Å². The maximum Gasteiger partial charge on any atom is 0.252 e. The summed E-state index contributed by atoms with van der Waals surface area (Å²) in [6, 6.07) is 15.1. The van der Waals surface area contributed by atoms with Crippen molar-refractivity contribution in [2.45, 2.75) is 18.8 Å². The number of amides is 2. The van der Waals surface area contributed by atoms with Gasteiger partial charge in [-0.2, -0.15) is 0 Å². The summed E-state index contributed by atoms with van der Waals surface area (Å²) in [6.07, 6.45) is 2.82. The fraction of sp³-hybridized carbons (Fsp3) is 0.333. The number of fused-ring (bicyclic) bond motifs is 1. The Kier molecular flexibility index (Phi) is 6.52. The van der Waals surface area contributed by atoms with E-state index in [-0.39, 0.29) is 17.7 Å². The minimum Gasteiger partial charge on any atom is -0.383 e. The lowest BCUT2D eigenvalue weighted by Gasteiger charge is -2.17. The molecule has 1 fully saturated rings. The first kappa shape index (κ1) is 20.9. The highest BCUT2D eigenvalue weighted by Crippen LogP contribution is 2.29. The van der Waals surface area contributed by atoms with Crippen LogP contribution in [0, 0.1) is 0 Å². The van der Waals surface area contributed by atoms with Gasteiger partial charge >= 0.3 is 0 Å². The molecule has 2 aromatic heterocycles. The van der Waals surface area contributed by atoms with Gasteiger partial charge in [-0.1, -0.05) is 24.3 Å². The van der Waals surface area contributed by atoms with Gasteiger partial charge in [0.25, 0.3) is 5.91 Å². The van der Waals surface area contributed by atoms with Crippen LogP contribution in [-0.4, -0.2) is 60.0 Å². The minimum atomic E-state index is -0.141. The number of rotatable bonds is 7. The Morgan fingerprint density at radius 2 is 2.03 bits per heavy atom. The van der Waals surface area contributed by atoms with E-state index in [0.717, 1.165) is 28.7 Å².